The first-order chi connectivity index (χ1) is 10.3. The Morgan fingerprint density at radius 1 is 0.727 bits per heavy atom. The fourth-order valence-corrected chi connectivity index (χ4v) is 5.03. The summed E-state index contributed by atoms with van der Waals surface area (Å²) in [4.78, 5) is 0. The van der Waals surface area contributed by atoms with Crippen LogP contribution in [-0.4, -0.2) is 58.8 Å². The lowest BCUT2D eigenvalue weighted by atomic mass is 10.5. The zero-order valence-corrected chi connectivity index (χ0v) is 17.4. The van der Waals surface area contributed by atoms with Crippen LogP contribution in [0.4, 0.5) is 0 Å². The van der Waals surface area contributed by atoms with Crippen LogP contribution in [0, 0.1) is 0 Å². The van der Waals surface area contributed by atoms with E-state index < -0.39 is 25.4 Å². The van der Waals surface area contributed by atoms with Gasteiger partial charge in [0.05, 0.1) is 0 Å². The molecule has 0 aliphatic carbocycles. The summed E-state index contributed by atoms with van der Waals surface area (Å²) < 4.78 is 43.3. The van der Waals surface area contributed by atoms with Crippen molar-refractivity contribution in [2.24, 2.45) is 0 Å². The third-order valence-corrected chi connectivity index (χ3v) is 10.4. The van der Waals surface area contributed by atoms with E-state index in [1.165, 1.54) is 0 Å². The highest BCUT2D eigenvalue weighted by Gasteiger charge is 2.30. The molecule has 0 N–H and O–H groups in total. The molecule has 0 heterocycles. The van der Waals surface area contributed by atoms with Crippen molar-refractivity contribution in [2.75, 3.05) is 41.7 Å². The summed E-state index contributed by atoms with van der Waals surface area (Å²) in [5, 5.41) is 0. The first-order valence-electron chi connectivity index (χ1n) is 7.28. The van der Waals surface area contributed by atoms with Crippen LogP contribution in [0.15, 0.2) is 0 Å². The van der Waals surface area contributed by atoms with Crippen molar-refractivity contribution < 1.29 is 31.3 Å². The molecule has 0 amide bonds. The fraction of sp³-hybridized carbons (Fsp3) is 1.00. The molecule has 0 aliphatic rings. The van der Waals surface area contributed by atoms with E-state index in [4.69, 9.17) is 26.8 Å². The summed E-state index contributed by atoms with van der Waals surface area (Å²) in [6.45, 7) is 4.70. The fourth-order valence-electron chi connectivity index (χ4n) is 1.68. The molecule has 7 nitrogen and oxygen atoms in total. The lowest BCUT2D eigenvalue weighted by molar-refractivity contribution is 0.211. The van der Waals surface area contributed by atoms with Crippen LogP contribution < -0.4 is 0 Å². The minimum absolute atomic E-state index is 0.368. The average Bonchev–Trinajstić information content (AvgIpc) is 2.55. The van der Waals surface area contributed by atoms with Crippen LogP contribution >= 0.6 is 8.25 Å². The first kappa shape index (κ1) is 22.3. The second-order valence-corrected chi connectivity index (χ2v) is 13.3. The van der Waals surface area contributed by atoms with Crippen LogP contribution in [0.25, 0.3) is 0 Å². The van der Waals surface area contributed by atoms with Crippen molar-refractivity contribution >= 4 is 25.4 Å². The van der Waals surface area contributed by atoms with E-state index in [0.717, 1.165) is 24.9 Å². The summed E-state index contributed by atoms with van der Waals surface area (Å²) in [5.41, 5.74) is 0. The third-order valence-electron chi connectivity index (χ3n) is 3.67. The van der Waals surface area contributed by atoms with Crippen LogP contribution in [-0.2, 0) is 31.3 Å². The van der Waals surface area contributed by atoms with E-state index >= 15 is 0 Å². The zero-order valence-electron chi connectivity index (χ0n) is 14.5. The molecule has 0 saturated heterocycles. The summed E-state index contributed by atoms with van der Waals surface area (Å²) in [6.07, 6.45) is 1.46. The lowest BCUT2D eigenvalue weighted by Crippen LogP contribution is -2.36. The maximum absolute atomic E-state index is 11.6. The van der Waals surface area contributed by atoms with E-state index in [-0.39, 0.29) is 0 Å². The van der Waals surface area contributed by atoms with Crippen molar-refractivity contribution in [3.63, 3.8) is 0 Å². The quantitative estimate of drug-likeness (QED) is 0.263. The van der Waals surface area contributed by atoms with E-state index in [1.54, 1.807) is 28.4 Å². The first-order valence-corrected chi connectivity index (χ1v) is 13.4. The zero-order chi connectivity index (χ0) is 17.1. The van der Waals surface area contributed by atoms with Crippen LogP contribution in [0.5, 0.6) is 0 Å². The number of rotatable bonds is 14. The Kier molecular flexibility index (Phi) is 11.9. The molecule has 0 rings (SSSR count). The minimum atomic E-state index is -2.07. The summed E-state index contributed by atoms with van der Waals surface area (Å²) in [7, 11) is 0.388. The molecule has 0 unspecified atom stereocenters. The second-order valence-electron chi connectivity index (χ2n) is 5.18. The van der Waals surface area contributed by atoms with Crippen molar-refractivity contribution in [3.05, 3.63) is 0 Å². The average molecular weight is 374 g/mol. The van der Waals surface area contributed by atoms with Gasteiger partial charge in [0.1, 0.15) is 13.2 Å². The maximum Gasteiger partial charge on any atom is 0.697 e. The number of hydrogen-bond acceptors (Lipinski definition) is 7. The molecule has 10 heteroatoms. The highest BCUT2D eigenvalue weighted by molar-refractivity contribution is 7.33. The smallest absolute Gasteiger partial charge is 0.398 e. The van der Waals surface area contributed by atoms with Gasteiger partial charge in [-0.1, -0.05) is 0 Å². The lowest BCUT2D eigenvalue weighted by Gasteiger charge is -2.21. The van der Waals surface area contributed by atoms with Gasteiger partial charge in [-0.3, -0.25) is 0 Å². The van der Waals surface area contributed by atoms with E-state index in [0.29, 0.717) is 13.2 Å². The molecule has 0 bridgehead atoms. The molecule has 0 saturated carbocycles. The van der Waals surface area contributed by atoms with E-state index in [1.807, 2.05) is 13.1 Å². The highest BCUT2D eigenvalue weighted by atomic mass is 31.1. The van der Waals surface area contributed by atoms with Crippen LogP contribution in [0.3, 0.4) is 0 Å². The van der Waals surface area contributed by atoms with Gasteiger partial charge in [-0.25, -0.2) is 0 Å². The molecule has 0 aromatic heterocycles. The predicted octanol–water partition coefficient (Wildman–Crippen LogP) is 3.19. The van der Waals surface area contributed by atoms with Gasteiger partial charge >= 0.3 is 25.4 Å². The number of hydrogen-bond donors (Lipinski definition) is 0. The Morgan fingerprint density at radius 3 is 1.32 bits per heavy atom. The normalized spacial score (nSPS) is 12.6. The van der Waals surface area contributed by atoms with Crippen molar-refractivity contribution in [1.82, 2.24) is 0 Å². The van der Waals surface area contributed by atoms with Gasteiger partial charge in [0.2, 0.25) is 0 Å². The van der Waals surface area contributed by atoms with Crippen molar-refractivity contribution in [1.29, 1.82) is 0 Å². The van der Waals surface area contributed by atoms with Crippen molar-refractivity contribution in [2.45, 2.75) is 38.0 Å². The highest BCUT2D eigenvalue weighted by Crippen LogP contribution is 2.26. The largest absolute Gasteiger partial charge is 0.697 e. The van der Waals surface area contributed by atoms with Gasteiger partial charge in [0.15, 0.2) is 0 Å². The molecule has 0 atom stereocenters. The third kappa shape index (κ3) is 9.44. The van der Waals surface area contributed by atoms with E-state index in [2.05, 4.69) is 0 Å². The van der Waals surface area contributed by atoms with Crippen LogP contribution in [0.1, 0.15) is 12.8 Å². The van der Waals surface area contributed by atoms with E-state index in [9.17, 15) is 4.57 Å². The summed E-state index contributed by atoms with van der Waals surface area (Å²) >= 11 is 0. The monoisotopic (exact) mass is 373 g/mol. The molecule has 0 spiro atoms. The van der Waals surface area contributed by atoms with Crippen molar-refractivity contribution in [3.8, 4) is 0 Å². The molecular weight excluding hydrogens is 343 g/mol. The molecule has 0 fully saturated rings. The SMILES string of the molecule is CO[Si](C)(CCCO[P+](=O)OCCC[Si](C)(OC)OC)OC. The molecule has 0 aromatic rings. The van der Waals surface area contributed by atoms with Gasteiger partial charge < -0.3 is 17.7 Å². The summed E-state index contributed by atoms with van der Waals surface area (Å²) in [5.74, 6) is 0. The Balaban J connectivity index is 3.71. The van der Waals surface area contributed by atoms with Gasteiger partial charge in [-0.2, -0.15) is 0 Å². The molecule has 0 aromatic carbocycles. The molecule has 0 aliphatic heterocycles. The standard InChI is InChI=1S/C12H30O7PSi2/c1-14-21(5,15-2)11-7-9-18-20(13)19-10-8-12-22(6,16-3)17-4/h7-12H2,1-6H3/q+1. The Hall–Kier alpha value is 0.294. The van der Waals surface area contributed by atoms with Crippen LogP contribution in [0.2, 0.25) is 25.2 Å². The van der Waals surface area contributed by atoms with Gasteiger partial charge in [0.25, 0.3) is 0 Å². The minimum Gasteiger partial charge on any atom is -0.398 e. The second kappa shape index (κ2) is 11.8. The summed E-state index contributed by atoms with van der Waals surface area (Å²) in [6, 6.07) is 1.57. The molecular formula is C12H30O7PSi2+. The maximum atomic E-state index is 11.6. The Morgan fingerprint density at radius 2 is 1.05 bits per heavy atom. The molecule has 132 valence electrons. The Bertz CT molecular complexity index is 284. The van der Waals surface area contributed by atoms with Gasteiger partial charge in [0, 0.05) is 33.0 Å². The molecule has 0 radical (unpaired) electrons. The Labute approximate surface area is 137 Å². The molecule has 22 heavy (non-hydrogen) atoms. The van der Waals surface area contributed by atoms with Gasteiger partial charge in [-0.05, 0) is 38.0 Å². The predicted molar refractivity (Wildman–Crippen MR) is 89.6 cm³/mol. The topological polar surface area (TPSA) is 72.5 Å². The van der Waals surface area contributed by atoms with Gasteiger partial charge in [-0.15, -0.1) is 9.05 Å².